The molecule has 0 aliphatic carbocycles. The van der Waals surface area contributed by atoms with Crippen LogP contribution in [0.25, 0.3) is 0 Å². The molecule has 0 heterocycles. The Morgan fingerprint density at radius 2 is 2.16 bits per heavy atom. The fraction of sp³-hybridized carbons (Fsp3) is 0.500. The van der Waals surface area contributed by atoms with Crippen molar-refractivity contribution < 1.29 is 14.6 Å². The minimum absolute atomic E-state index is 0.0238. The number of aliphatic carboxylic acids is 1. The zero-order valence-electron chi connectivity index (χ0n) is 11.4. The zero-order chi connectivity index (χ0) is 14.4. The lowest BCUT2D eigenvalue weighted by molar-refractivity contribution is -0.140. The summed E-state index contributed by atoms with van der Waals surface area (Å²) in [4.78, 5) is 11.1. The molecule has 1 rings (SSSR count). The molecule has 0 aliphatic heterocycles. The highest BCUT2D eigenvalue weighted by atomic mass is 35.5. The van der Waals surface area contributed by atoms with Gasteiger partial charge >= 0.3 is 5.97 Å². The second-order valence-electron chi connectivity index (χ2n) is 4.64. The van der Waals surface area contributed by atoms with Crippen molar-refractivity contribution in [2.24, 2.45) is 5.92 Å². The molecule has 0 fully saturated rings. The molecule has 0 bridgehead atoms. The van der Waals surface area contributed by atoms with Crippen LogP contribution in [-0.4, -0.2) is 23.7 Å². The first-order valence-corrected chi connectivity index (χ1v) is 6.71. The van der Waals surface area contributed by atoms with Crippen molar-refractivity contribution in [3.8, 4) is 5.75 Å². The van der Waals surface area contributed by atoms with E-state index in [2.05, 4.69) is 5.32 Å². The molecule has 5 heteroatoms. The Morgan fingerprint density at radius 3 is 2.63 bits per heavy atom. The number of carboxylic acids is 1. The summed E-state index contributed by atoms with van der Waals surface area (Å²) in [7, 11) is 0. The summed E-state index contributed by atoms with van der Waals surface area (Å²) < 4.78 is 5.35. The quantitative estimate of drug-likeness (QED) is 0.809. The molecule has 0 spiro atoms. The van der Waals surface area contributed by atoms with E-state index in [4.69, 9.17) is 21.4 Å². The molecule has 0 saturated heterocycles. The molecule has 2 N–H and O–H groups in total. The van der Waals surface area contributed by atoms with Crippen LogP contribution in [-0.2, 0) is 11.3 Å². The second-order valence-corrected chi connectivity index (χ2v) is 5.05. The maximum Gasteiger partial charge on any atom is 0.320 e. The van der Waals surface area contributed by atoms with Gasteiger partial charge in [0, 0.05) is 6.54 Å². The summed E-state index contributed by atoms with van der Waals surface area (Å²) in [5, 5.41) is 12.6. The van der Waals surface area contributed by atoms with Gasteiger partial charge < -0.3 is 15.2 Å². The van der Waals surface area contributed by atoms with Crippen molar-refractivity contribution in [1.82, 2.24) is 5.32 Å². The smallest absolute Gasteiger partial charge is 0.320 e. The SMILES string of the molecule is CCOc1ccc(CN[C@H](C(=O)O)C(C)C)cc1Cl. The first kappa shape index (κ1) is 15.8. The number of hydrogen-bond acceptors (Lipinski definition) is 3. The normalized spacial score (nSPS) is 12.5. The molecule has 106 valence electrons. The van der Waals surface area contributed by atoms with Crippen LogP contribution < -0.4 is 10.1 Å². The molecule has 0 unspecified atom stereocenters. The molecule has 0 saturated carbocycles. The molecular weight excluding hydrogens is 266 g/mol. The Bertz CT molecular complexity index is 435. The maximum absolute atomic E-state index is 11.1. The fourth-order valence-corrected chi connectivity index (χ4v) is 2.02. The van der Waals surface area contributed by atoms with Crippen LogP contribution in [0.1, 0.15) is 26.3 Å². The number of carbonyl (C=O) groups is 1. The number of hydrogen-bond donors (Lipinski definition) is 2. The summed E-state index contributed by atoms with van der Waals surface area (Å²) in [6.07, 6.45) is 0. The number of halogens is 1. The van der Waals surface area contributed by atoms with Gasteiger partial charge in [-0.2, -0.15) is 0 Å². The third kappa shape index (κ3) is 4.73. The van der Waals surface area contributed by atoms with Crippen molar-refractivity contribution in [3.05, 3.63) is 28.8 Å². The highest BCUT2D eigenvalue weighted by Gasteiger charge is 2.20. The van der Waals surface area contributed by atoms with Crippen LogP contribution in [0.3, 0.4) is 0 Å². The second kappa shape index (κ2) is 7.36. The van der Waals surface area contributed by atoms with Gasteiger partial charge in [0.1, 0.15) is 11.8 Å². The van der Waals surface area contributed by atoms with Crippen LogP contribution >= 0.6 is 11.6 Å². The Labute approximate surface area is 118 Å². The Kier molecular flexibility index (Phi) is 6.12. The molecule has 0 aromatic heterocycles. The van der Waals surface area contributed by atoms with Crippen molar-refractivity contribution in [2.45, 2.75) is 33.4 Å². The largest absolute Gasteiger partial charge is 0.492 e. The van der Waals surface area contributed by atoms with E-state index in [0.717, 1.165) is 5.56 Å². The monoisotopic (exact) mass is 285 g/mol. The van der Waals surface area contributed by atoms with Crippen molar-refractivity contribution >= 4 is 17.6 Å². The Hall–Kier alpha value is -1.26. The summed E-state index contributed by atoms with van der Waals surface area (Å²) in [6, 6.07) is 4.90. The number of ether oxygens (including phenoxy) is 1. The van der Waals surface area contributed by atoms with Crippen LogP contribution in [0.15, 0.2) is 18.2 Å². The lowest BCUT2D eigenvalue weighted by Gasteiger charge is -2.18. The van der Waals surface area contributed by atoms with E-state index in [1.54, 1.807) is 12.1 Å². The Morgan fingerprint density at radius 1 is 1.47 bits per heavy atom. The standard InChI is InChI=1S/C14H20ClNO3/c1-4-19-12-6-5-10(7-11(12)15)8-16-13(9(2)3)14(17)18/h5-7,9,13,16H,4,8H2,1-3H3,(H,17,18)/t13-/m0/s1. The number of carboxylic acid groups (broad SMARTS) is 1. The average molecular weight is 286 g/mol. The van der Waals surface area contributed by atoms with Gasteiger partial charge in [0.15, 0.2) is 0 Å². The molecule has 19 heavy (non-hydrogen) atoms. The summed E-state index contributed by atoms with van der Waals surface area (Å²) in [6.45, 7) is 6.66. The molecule has 0 aliphatic rings. The van der Waals surface area contributed by atoms with Crippen molar-refractivity contribution in [3.63, 3.8) is 0 Å². The molecule has 1 aromatic rings. The van der Waals surface area contributed by atoms with E-state index in [9.17, 15) is 4.79 Å². The molecular formula is C14H20ClNO3. The summed E-state index contributed by atoms with van der Waals surface area (Å²) >= 11 is 6.08. The third-order valence-corrected chi connectivity index (χ3v) is 3.05. The molecule has 4 nitrogen and oxygen atoms in total. The van der Waals surface area contributed by atoms with Gasteiger partial charge in [-0.15, -0.1) is 0 Å². The Balaban J connectivity index is 2.67. The third-order valence-electron chi connectivity index (χ3n) is 2.75. The summed E-state index contributed by atoms with van der Waals surface area (Å²) in [5.74, 6) is -0.172. The van der Waals surface area contributed by atoms with Crippen molar-refractivity contribution in [1.29, 1.82) is 0 Å². The van der Waals surface area contributed by atoms with Gasteiger partial charge in [-0.05, 0) is 30.5 Å². The van der Waals surface area contributed by atoms with Gasteiger partial charge in [0.25, 0.3) is 0 Å². The average Bonchev–Trinajstić information content (AvgIpc) is 2.32. The first-order valence-electron chi connectivity index (χ1n) is 6.33. The highest BCUT2D eigenvalue weighted by Crippen LogP contribution is 2.25. The van der Waals surface area contributed by atoms with E-state index in [1.807, 2.05) is 26.8 Å². The van der Waals surface area contributed by atoms with Crippen molar-refractivity contribution in [2.75, 3.05) is 6.61 Å². The molecule has 1 atom stereocenters. The van der Waals surface area contributed by atoms with Gasteiger partial charge in [0.05, 0.1) is 11.6 Å². The van der Waals surface area contributed by atoms with E-state index in [1.165, 1.54) is 0 Å². The molecule has 0 radical (unpaired) electrons. The number of benzene rings is 1. The van der Waals surface area contributed by atoms with E-state index in [0.29, 0.717) is 23.9 Å². The topological polar surface area (TPSA) is 58.6 Å². The number of rotatable bonds is 7. The number of nitrogens with one attached hydrogen (secondary N) is 1. The lowest BCUT2D eigenvalue weighted by Crippen LogP contribution is -2.40. The molecule has 0 amide bonds. The van der Waals surface area contributed by atoms with Gasteiger partial charge in [-0.3, -0.25) is 4.79 Å². The first-order chi connectivity index (χ1) is 8.95. The van der Waals surface area contributed by atoms with E-state index >= 15 is 0 Å². The minimum atomic E-state index is -0.841. The van der Waals surface area contributed by atoms with Crippen LogP contribution in [0.2, 0.25) is 5.02 Å². The van der Waals surface area contributed by atoms with Crippen LogP contribution in [0.5, 0.6) is 5.75 Å². The van der Waals surface area contributed by atoms with Crippen LogP contribution in [0.4, 0.5) is 0 Å². The predicted octanol–water partition coefficient (Wildman–Crippen LogP) is 2.94. The maximum atomic E-state index is 11.1. The fourth-order valence-electron chi connectivity index (χ4n) is 1.76. The van der Waals surface area contributed by atoms with Gasteiger partial charge in [-0.25, -0.2) is 0 Å². The summed E-state index contributed by atoms with van der Waals surface area (Å²) in [5.41, 5.74) is 0.931. The predicted molar refractivity (Wildman–Crippen MR) is 75.7 cm³/mol. The van der Waals surface area contributed by atoms with E-state index in [-0.39, 0.29) is 5.92 Å². The minimum Gasteiger partial charge on any atom is -0.492 e. The van der Waals surface area contributed by atoms with Gasteiger partial charge in [-0.1, -0.05) is 31.5 Å². The van der Waals surface area contributed by atoms with Gasteiger partial charge in [0.2, 0.25) is 0 Å². The zero-order valence-corrected chi connectivity index (χ0v) is 12.2. The van der Waals surface area contributed by atoms with Crippen LogP contribution in [0, 0.1) is 5.92 Å². The lowest BCUT2D eigenvalue weighted by atomic mass is 10.0. The highest BCUT2D eigenvalue weighted by molar-refractivity contribution is 6.32. The van der Waals surface area contributed by atoms with E-state index < -0.39 is 12.0 Å². The molecule has 1 aromatic carbocycles.